The fourth-order valence-corrected chi connectivity index (χ4v) is 7.83. The molecule has 55 heavy (non-hydrogen) atoms. The molecule has 3 nitrogen and oxygen atoms in total. The second-order valence-electron chi connectivity index (χ2n) is 13.8. The first-order valence-electron chi connectivity index (χ1n) is 18.7. The van der Waals surface area contributed by atoms with Crippen molar-refractivity contribution in [1.29, 1.82) is 0 Å². The van der Waals surface area contributed by atoms with Crippen LogP contribution in [0, 0.1) is 0 Å². The molecule has 0 amide bonds. The zero-order chi connectivity index (χ0) is 36.6. The molecular weight excluding hydrogens is 669 g/mol. The van der Waals surface area contributed by atoms with Crippen molar-refractivity contribution in [3.63, 3.8) is 0 Å². The fourth-order valence-electron chi connectivity index (χ4n) is 7.83. The van der Waals surface area contributed by atoms with Gasteiger partial charge in [0.05, 0.1) is 5.69 Å². The number of fused-ring (bicyclic) bond motifs is 5. The van der Waals surface area contributed by atoms with Crippen LogP contribution in [0.5, 0.6) is 0 Å². The summed E-state index contributed by atoms with van der Waals surface area (Å²) in [6.07, 6.45) is 0. The summed E-state index contributed by atoms with van der Waals surface area (Å²) >= 11 is 0. The number of rotatable bonds is 8. The molecule has 0 unspecified atom stereocenters. The van der Waals surface area contributed by atoms with Gasteiger partial charge in [0, 0.05) is 50.7 Å². The predicted octanol–water partition coefficient (Wildman–Crippen LogP) is 15.0. The molecule has 1 heterocycles. The quantitative estimate of drug-likeness (QED) is 0.157. The van der Waals surface area contributed by atoms with Gasteiger partial charge in [0.1, 0.15) is 11.2 Å². The molecule has 10 rings (SSSR count). The van der Waals surface area contributed by atoms with E-state index in [1.165, 1.54) is 22.3 Å². The Morgan fingerprint density at radius 2 is 0.691 bits per heavy atom. The molecule has 0 spiro atoms. The van der Waals surface area contributed by atoms with E-state index in [0.29, 0.717) is 0 Å². The summed E-state index contributed by atoms with van der Waals surface area (Å²) in [6.45, 7) is 0. The maximum Gasteiger partial charge on any atom is 0.138 e. The lowest BCUT2D eigenvalue weighted by Gasteiger charge is -2.27. The van der Waals surface area contributed by atoms with Crippen molar-refractivity contribution >= 4 is 66.8 Å². The number of benzene rings is 9. The highest BCUT2D eigenvalue weighted by Crippen LogP contribution is 2.46. The summed E-state index contributed by atoms with van der Waals surface area (Å²) < 4.78 is 6.77. The van der Waals surface area contributed by atoms with E-state index in [0.717, 1.165) is 66.8 Å². The van der Waals surface area contributed by atoms with E-state index >= 15 is 0 Å². The van der Waals surface area contributed by atoms with Crippen LogP contribution in [0.25, 0.3) is 55.0 Å². The zero-order valence-corrected chi connectivity index (χ0v) is 30.1. The van der Waals surface area contributed by atoms with Crippen LogP contribution < -0.4 is 9.80 Å². The number of anilines is 6. The molecule has 1 aromatic heterocycles. The summed E-state index contributed by atoms with van der Waals surface area (Å²) in [6, 6.07) is 77.3. The Balaban J connectivity index is 1.13. The normalized spacial score (nSPS) is 11.3. The Hall–Kier alpha value is -7.36. The second kappa shape index (κ2) is 13.9. The van der Waals surface area contributed by atoms with Crippen molar-refractivity contribution in [2.45, 2.75) is 0 Å². The van der Waals surface area contributed by atoms with E-state index in [1.54, 1.807) is 0 Å². The average Bonchev–Trinajstić information content (AvgIpc) is 3.64. The molecule has 0 atom stereocenters. The molecule has 0 saturated carbocycles. The van der Waals surface area contributed by atoms with Gasteiger partial charge < -0.3 is 14.2 Å². The molecule has 0 aliphatic carbocycles. The molecule has 0 bridgehead atoms. The van der Waals surface area contributed by atoms with Crippen molar-refractivity contribution in [1.82, 2.24) is 0 Å². The highest BCUT2D eigenvalue weighted by Gasteiger charge is 2.22. The van der Waals surface area contributed by atoms with E-state index in [9.17, 15) is 0 Å². The minimum absolute atomic E-state index is 0.848. The summed E-state index contributed by atoms with van der Waals surface area (Å²) in [7, 11) is 0. The number of furan rings is 1. The lowest BCUT2D eigenvalue weighted by Crippen LogP contribution is -2.10. The van der Waals surface area contributed by atoms with Crippen molar-refractivity contribution < 1.29 is 4.42 Å². The first kappa shape index (κ1) is 32.3. The van der Waals surface area contributed by atoms with Crippen LogP contribution in [0.4, 0.5) is 34.1 Å². The third kappa shape index (κ3) is 5.98. The molecule has 260 valence electrons. The Kier molecular flexibility index (Phi) is 8.16. The molecule has 0 radical (unpaired) electrons. The van der Waals surface area contributed by atoms with Crippen molar-refractivity contribution in [2.75, 3.05) is 9.80 Å². The van der Waals surface area contributed by atoms with Gasteiger partial charge in [-0.15, -0.1) is 0 Å². The molecule has 0 N–H and O–H groups in total. The van der Waals surface area contributed by atoms with Crippen molar-refractivity contribution in [3.8, 4) is 22.3 Å². The summed E-state index contributed by atoms with van der Waals surface area (Å²) in [4.78, 5) is 4.66. The van der Waals surface area contributed by atoms with Gasteiger partial charge in [-0.3, -0.25) is 0 Å². The molecule has 0 aliphatic heterocycles. The van der Waals surface area contributed by atoms with Crippen LogP contribution in [-0.2, 0) is 0 Å². The molecule has 0 fully saturated rings. The smallest absolute Gasteiger partial charge is 0.138 e. The van der Waals surface area contributed by atoms with Gasteiger partial charge in [0.25, 0.3) is 0 Å². The van der Waals surface area contributed by atoms with Gasteiger partial charge in [-0.25, -0.2) is 0 Å². The van der Waals surface area contributed by atoms with E-state index < -0.39 is 0 Å². The molecule has 0 saturated heterocycles. The SMILES string of the molecule is c1ccc(-c2ccc(N(c3ccccc3)c3ccc4oc5cc(N(c6ccccc6)c6ccc(-c7ccccc7)cc6)c6ccccc6c5c4c3)cc2)cc1. The van der Waals surface area contributed by atoms with E-state index in [2.05, 4.69) is 228 Å². The highest BCUT2D eigenvalue weighted by molar-refractivity contribution is 6.23. The standard InChI is InChI=1S/C52H36N2O/c1-5-15-37(16-6-1)39-25-29-43(30-26-39)53(41-19-9-3-10-20-41)45-33-34-50-48(35-45)52-47-24-14-13-23-46(47)49(36-51(52)55-50)54(42-21-11-4-12-22-42)44-31-27-40(28-32-44)38-17-7-2-8-18-38/h1-36H. The molecular formula is C52H36N2O. The van der Waals surface area contributed by atoms with E-state index in [4.69, 9.17) is 4.42 Å². The van der Waals surface area contributed by atoms with Crippen molar-refractivity contribution in [2.24, 2.45) is 0 Å². The van der Waals surface area contributed by atoms with Crippen LogP contribution in [0.15, 0.2) is 223 Å². The lowest BCUT2D eigenvalue weighted by atomic mass is 10.00. The lowest BCUT2D eigenvalue weighted by molar-refractivity contribution is 0.669. The number of para-hydroxylation sites is 2. The summed E-state index contributed by atoms with van der Waals surface area (Å²) in [5.74, 6) is 0. The van der Waals surface area contributed by atoms with Gasteiger partial charge in [-0.1, -0.05) is 146 Å². The third-order valence-corrected chi connectivity index (χ3v) is 10.4. The number of hydrogen-bond donors (Lipinski definition) is 0. The van der Waals surface area contributed by atoms with Gasteiger partial charge in [0.15, 0.2) is 0 Å². The number of nitrogens with zero attached hydrogens (tertiary/aromatic N) is 2. The Labute approximate surface area is 320 Å². The van der Waals surface area contributed by atoms with Crippen molar-refractivity contribution in [3.05, 3.63) is 218 Å². The highest BCUT2D eigenvalue weighted by atomic mass is 16.3. The Bertz CT molecular complexity index is 2890. The van der Waals surface area contributed by atoms with E-state index in [-0.39, 0.29) is 0 Å². The minimum Gasteiger partial charge on any atom is -0.456 e. The molecule has 9 aromatic carbocycles. The van der Waals surface area contributed by atoms with Crippen LogP contribution in [0.3, 0.4) is 0 Å². The summed E-state index contributed by atoms with van der Waals surface area (Å²) in [5, 5.41) is 4.48. The largest absolute Gasteiger partial charge is 0.456 e. The first-order chi connectivity index (χ1) is 27.3. The molecule has 3 heteroatoms. The zero-order valence-electron chi connectivity index (χ0n) is 30.1. The Morgan fingerprint density at radius 1 is 0.273 bits per heavy atom. The minimum atomic E-state index is 0.848. The third-order valence-electron chi connectivity index (χ3n) is 10.4. The Morgan fingerprint density at radius 3 is 1.25 bits per heavy atom. The molecule has 0 aliphatic rings. The maximum atomic E-state index is 6.77. The van der Waals surface area contributed by atoms with Crippen LogP contribution in [0.2, 0.25) is 0 Å². The van der Waals surface area contributed by atoms with Gasteiger partial charge in [-0.05, 0) is 94.4 Å². The van der Waals surface area contributed by atoms with Crippen LogP contribution in [0.1, 0.15) is 0 Å². The van der Waals surface area contributed by atoms with E-state index in [1.807, 2.05) is 0 Å². The van der Waals surface area contributed by atoms with Crippen LogP contribution in [-0.4, -0.2) is 0 Å². The van der Waals surface area contributed by atoms with Gasteiger partial charge in [-0.2, -0.15) is 0 Å². The summed E-state index contributed by atoms with van der Waals surface area (Å²) in [5.41, 5.74) is 12.9. The first-order valence-corrected chi connectivity index (χ1v) is 18.7. The number of hydrogen-bond acceptors (Lipinski definition) is 3. The monoisotopic (exact) mass is 704 g/mol. The van der Waals surface area contributed by atoms with Crippen LogP contribution >= 0.6 is 0 Å². The molecule has 10 aromatic rings. The second-order valence-corrected chi connectivity index (χ2v) is 13.8. The average molecular weight is 705 g/mol. The predicted molar refractivity (Wildman–Crippen MR) is 231 cm³/mol. The topological polar surface area (TPSA) is 19.6 Å². The fraction of sp³-hybridized carbons (Fsp3) is 0. The van der Waals surface area contributed by atoms with Gasteiger partial charge >= 0.3 is 0 Å². The van der Waals surface area contributed by atoms with Gasteiger partial charge in [0.2, 0.25) is 0 Å². The maximum absolute atomic E-state index is 6.77.